The maximum absolute atomic E-state index is 5.74. The number of hydrogen-bond acceptors (Lipinski definition) is 4. The van der Waals surface area contributed by atoms with Crippen molar-refractivity contribution in [2.24, 2.45) is 0 Å². The van der Waals surface area contributed by atoms with E-state index in [9.17, 15) is 0 Å². The number of aromatic nitrogens is 2. The molecule has 1 aromatic heterocycles. The molecule has 0 unspecified atom stereocenters. The monoisotopic (exact) mass is 324 g/mol. The Kier molecular flexibility index (Phi) is 3.91. The summed E-state index contributed by atoms with van der Waals surface area (Å²) < 4.78 is 12.0. The second-order valence-corrected chi connectivity index (χ2v) is 5.37. The summed E-state index contributed by atoms with van der Waals surface area (Å²) in [7, 11) is 0. The third-order valence-electron chi connectivity index (χ3n) is 3.17. The van der Waals surface area contributed by atoms with Gasteiger partial charge in [-0.3, -0.25) is 0 Å². The third-order valence-corrected chi connectivity index (χ3v) is 3.86. The van der Waals surface area contributed by atoms with Crippen LogP contribution in [-0.2, 0) is 11.3 Å². The van der Waals surface area contributed by atoms with Crippen LogP contribution in [0.1, 0.15) is 5.89 Å². The van der Waals surface area contributed by atoms with E-state index in [0.717, 1.165) is 42.9 Å². The molecule has 1 aliphatic heterocycles. The maximum Gasteiger partial charge on any atom is 0.271 e. The van der Waals surface area contributed by atoms with Crippen molar-refractivity contribution in [3.63, 3.8) is 0 Å². The number of morpholine rings is 1. The number of hydrogen-bond donors (Lipinski definition) is 1. The van der Waals surface area contributed by atoms with E-state index in [2.05, 4.69) is 26.1 Å². The predicted molar refractivity (Wildman–Crippen MR) is 72.7 cm³/mol. The first kappa shape index (κ1) is 12.8. The lowest BCUT2D eigenvalue weighted by atomic mass is 10.2. The summed E-state index contributed by atoms with van der Waals surface area (Å²) in [5.41, 5.74) is 0.929. The Morgan fingerprint density at radius 1 is 1.16 bits per heavy atom. The second-order valence-electron chi connectivity index (χ2n) is 4.52. The van der Waals surface area contributed by atoms with Crippen molar-refractivity contribution < 1.29 is 14.1 Å². The molecule has 1 fully saturated rings. The Hall–Kier alpha value is -1.24. The van der Waals surface area contributed by atoms with Gasteiger partial charge >= 0.3 is 0 Å². The molecular weight excluding hydrogens is 310 g/mol. The molecule has 0 atom stereocenters. The number of rotatable bonds is 3. The van der Waals surface area contributed by atoms with Crippen LogP contribution in [0.25, 0.3) is 11.5 Å². The van der Waals surface area contributed by atoms with E-state index in [4.69, 9.17) is 9.15 Å². The van der Waals surface area contributed by atoms with Crippen LogP contribution < -0.4 is 4.90 Å². The summed E-state index contributed by atoms with van der Waals surface area (Å²) in [5.74, 6) is 1.25. The van der Waals surface area contributed by atoms with Crippen molar-refractivity contribution in [2.75, 3.05) is 26.3 Å². The molecule has 1 aromatic carbocycles. The minimum atomic E-state index is 0.565. The highest BCUT2D eigenvalue weighted by molar-refractivity contribution is 9.10. The fraction of sp³-hybridized carbons (Fsp3) is 0.385. The Balaban J connectivity index is 1.74. The zero-order valence-electron chi connectivity index (χ0n) is 10.4. The lowest BCUT2D eigenvalue weighted by Crippen LogP contribution is -3.12. The number of quaternary nitrogens is 1. The lowest BCUT2D eigenvalue weighted by Gasteiger charge is -2.21. The Bertz CT molecular complexity index is 552. The van der Waals surface area contributed by atoms with E-state index >= 15 is 0 Å². The number of halogens is 1. The molecule has 0 spiro atoms. The zero-order valence-corrected chi connectivity index (χ0v) is 12.0. The number of nitrogens with zero attached hydrogens (tertiary/aromatic N) is 2. The van der Waals surface area contributed by atoms with Crippen molar-refractivity contribution in [3.8, 4) is 11.5 Å². The van der Waals surface area contributed by atoms with Gasteiger partial charge in [0.15, 0.2) is 6.54 Å². The van der Waals surface area contributed by atoms with Crippen molar-refractivity contribution >= 4 is 15.9 Å². The molecule has 2 heterocycles. The molecule has 6 heteroatoms. The van der Waals surface area contributed by atoms with Gasteiger partial charge in [0.05, 0.1) is 18.8 Å². The Morgan fingerprint density at radius 3 is 2.74 bits per heavy atom. The maximum atomic E-state index is 5.74. The fourth-order valence-corrected chi connectivity index (χ4v) is 2.57. The molecule has 1 aliphatic rings. The Labute approximate surface area is 119 Å². The van der Waals surface area contributed by atoms with Gasteiger partial charge in [-0.1, -0.05) is 12.1 Å². The van der Waals surface area contributed by atoms with Crippen molar-refractivity contribution in [2.45, 2.75) is 6.54 Å². The summed E-state index contributed by atoms with van der Waals surface area (Å²) >= 11 is 3.49. The molecule has 3 rings (SSSR count). The molecule has 100 valence electrons. The summed E-state index contributed by atoms with van der Waals surface area (Å²) in [6, 6.07) is 7.84. The largest absolute Gasteiger partial charge is 0.415 e. The molecule has 0 saturated carbocycles. The summed E-state index contributed by atoms with van der Waals surface area (Å²) in [6.07, 6.45) is 0. The van der Waals surface area contributed by atoms with Crippen LogP contribution in [0.2, 0.25) is 0 Å². The van der Waals surface area contributed by atoms with Gasteiger partial charge in [-0.05, 0) is 28.1 Å². The van der Waals surface area contributed by atoms with Crippen LogP contribution in [0.5, 0.6) is 0 Å². The summed E-state index contributed by atoms with van der Waals surface area (Å²) in [5, 5.41) is 8.25. The molecule has 1 saturated heterocycles. The van der Waals surface area contributed by atoms with Crippen LogP contribution in [0, 0.1) is 0 Å². The summed E-state index contributed by atoms with van der Waals surface area (Å²) in [4.78, 5) is 1.42. The molecule has 5 nitrogen and oxygen atoms in total. The van der Waals surface area contributed by atoms with Crippen molar-refractivity contribution in [3.05, 3.63) is 34.6 Å². The minimum absolute atomic E-state index is 0.565. The minimum Gasteiger partial charge on any atom is -0.415 e. The van der Waals surface area contributed by atoms with E-state index in [-0.39, 0.29) is 0 Å². The van der Waals surface area contributed by atoms with Gasteiger partial charge in [-0.2, -0.15) is 0 Å². The SMILES string of the molecule is Brc1ccccc1-c1nnc(C[NH+]2CCOCC2)o1. The zero-order chi connectivity index (χ0) is 13.1. The third kappa shape index (κ3) is 3.02. The Morgan fingerprint density at radius 2 is 1.95 bits per heavy atom. The van der Waals surface area contributed by atoms with Crippen LogP contribution in [-0.4, -0.2) is 36.5 Å². The van der Waals surface area contributed by atoms with E-state index < -0.39 is 0 Å². The first-order chi connectivity index (χ1) is 9.33. The first-order valence-electron chi connectivity index (χ1n) is 6.31. The molecule has 19 heavy (non-hydrogen) atoms. The quantitative estimate of drug-likeness (QED) is 0.912. The normalized spacial score (nSPS) is 16.7. The highest BCUT2D eigenvalue weighted by Crippen LogP contribution is 2.26. The van der Waals surface area contributed by atoms with E-state index in [1.165, 1.54) is 4.90 Å². The van der Waals surface area contributed by atoms with E-state index in [1.807, 2.05) is 24.3 Å². The number of nitrogens with one attached hydrogen (secondary N) is 1. The molecule has 1 N–H and O–H groups in total. The van der Waals surface area contributed by atoms with E-state index in [0.29, 0.717) is 11.8 Å². The van der Waals surface area contributed by atoms with Gasteiger partial charge in [0.2, 0.25) is 5.89 Å². The smallest absolute Gasteiger partial charge is 0.271 e. The van der Waals surface area contributed by atoms with Gasteiger partial charge in [0, 0.05) is 4.47 Å². The van der Waals surface area contributed by atoms with Crippen LogP contribution in [0.3, 0.4) is 0 Å². The standard InChI is InChI=1S/C13H14BrN3O2/c14-11-4-2-1-3-10(11)13-16-15-12(19-13)9-17-5-7-18-8-6-17/h1-4H,5-9H2/p+1. The van der Waals surface area contributed by atoms with Crippen LogP contribution >= 0.6 is 15.9 Å². The van der Waals surface area contributed by atoms with E-state index in [1.54, 1.807) is 0 Å². The van der Waals surface area contributed by atoms with Crippen molar-refractivity contribution in [1.29, 1.82) is 0 Å². The highest BCUT2D eigenvalue weighted by atomic mass is 79.9. The molecule has 0 amide bonds. The van der Waals surface area contributed by atoms with Gasteiger partial charge in [-0.15, -0.1) is 10.2 Å². The summed E-state index contributed by atoms with van der Waals surface area (Å²) in [6.45, 7) is 4.36. The second kappa shape index (κ2) is 5.81. The predicted octanol–water partition coefficient (Wildman–Crippen LogP) is 0.914. The highest BCUT2D eigenvalue weighted by Gasteiger charge is 2.18. The van der Waals surface area contributed by atoms with Gasteiger partial charge < -0.3 is 14.1 Å². The number of benzene rings is 1. The molecule has 0 bridgehead atoms. The molecule has 2 aromatic rings. The lowest BCUT2D eigenvalue weighted by molar-refractivity contribution is -0.922. The molecule has 0 aliphatic carbocycles. The average Bonchev–Trinajstić information content (AvgIpc) is 2.89. The topological polar surface area (TPSA) is 52.6 Å². The first-order valence-corrected chi connectivity index (χ1v) is 7.11. The molecular formula is C13H15BrN3O2+. The van der Waals surface area contributed by atoms with Crippen LogP contribution in [0.4, 0.5) is 0 Å². The van der Waals surface area contributed by atoms with Gasteiger partial charge in [0.25, 0.3) is 5.89 Å². The van der Waals surface area contributed by atoms with Gasteiger partial charge in [0.1, 0.15) is 13.1 Å². The fourth-order valence-electron chi connectivity index (χ4n) is 2.12. The number of ether oxygens (including phenoxy) is 1. The van der Waals surface area contributed by atoms with Crippen molar-refractivity contribution in [1.82, 2.24) is 10.2 Å². The molecule has 0 radical (unpaired) electrons. The van der Waals surface area contributed by atoms with Crippen LogP contribution in [0.15, 0.2) is 33.2 Å². The van der Waals surface area contributed by atoms with Gasteiger partial charge in [-0.25, -0.2) is 0 Å². The average molecular weight is 325 g/mol.